The maximum Gasteiger partial charge on any atom is 0.0771 e. The van der Waals surface area contributed by atoms with Crippen molar-refractivity contribution in [1.82, 2.24) is 5.32 Å². The van der Waals surface area contributed by atoms with Crippen molar-refractivity contribution in [3.63, 3.8) is 0 Å². The van der Waals surface area contributed by atoms with E-state index < -0.39 is 0 Å². The minimum absolute atomic E-state index is 0.131. The van der Waals surface area contributed by atoms with Crippen LogP contribution in [0.15, 0.2) is 45.6 Å². The number of halogens is 1. The van der Waals surface area contributed by atoms with Crippen molar-refractivity contribution >= 4 is 44.9 Å². The van der Waals surface area contributed by atoms with Gasteiger partial charge in [-0.05, 0) is 46.4 Å². The SMILES string of the molecule is C=CC1=C(C=C)C(NCCCOC)c2scc(Br)c2N(C)S1. The molecule has 1 atom stereocenters. The van der Waals surface area contributed by atoms with E-state index in [0.717, 1.165) is 29.0 Å². The van der Waals surface area contributed by atoms with E-state index in [2.05, 4.69) is 51.1 Å². The third-order valence-corrected chi connectivity index (χ3v) is 6.44. The van der Waals surface area contributed by atoms with E-state index in [-0.39, 0.29) is 6.04 Å². The Morgan fingerprint density at radius 2 is 2.23 bits per heavy atom. The lowest BCUT2D eigenvalue weighted by atomic mass is 10.0. The van der Waals surface area contributed by atoms with Gasteiger partial charge in [-0.2, -0.15) is 0 Å². The van der Waals surface area contributed by atoms with Gasteiger partial charge >= 0.3 is 0 Å². The van der Waals surface area contributed by atoms with Crippen LogP contribution in [0.4, 0.5) is 5.69 Å². The predicted molar refractivity (Wildman–Crippen MR) is 103 cm³/mol. The van der Waals surface area contributed by atoms with Crippen molar-refractivity contribution in [1.29, 1.82) is 0 Å². The fraction of sp³-hybridized carbons (Fsp3) is 0.375. The number of fused-ring (bicyclic) bond motifs is 1. The van der Waals surface area contributed by atoms with Gasteiger partial charge in [-0.3, -0.25) is 0 Å². The van der Waals surface area contributed by atoms with Gasteiger partial charge in [-0.1, -0.05) is 25.3 Å². The molecule has 1 aliphatic rings. The van der Waals surface area contributed by atoms with Crippen molar-refractivity contribution < 1.29 is 4.74 Å². The average Bonchev–Trinajstić information content (AvgIpc) is 2.84. The van der Waals surface area contributed by atoms with Crippen molar-refractivity contribution in [3.05, 3.63) is 50.5 Å². The molecule has 1 aromatic heterocycles. The number of methoxy groups -OCH3 is 1. The van der Waals surface area contributed by atoms with E-state index in [1.807, 2.05) is 12.2 Å². The summed E-state index contributed by atoms with van der Waals surface area (Å²) in [5, 5.41) is 5.79. The van der Waals surface area contributed by atoms with E-state index in [1.165, 1.54) is 16.1 Å². The molecule has 1 aromatic rings. The highest BCUT2D eigenvalue weighted by Gasteiger charge is 2.29. The van der Waals surface area contributed by atoms with Gasteiger partial charge in [-0.15, -0.1) is 11.3 Å². The van der Waals surface area contributed by atoms with E-state index in [1.54, 1.807) is 30.4 Å². The first-order chi connectivity index (χ1) is 10.6. The standard InChI is InChI=1S/C16H21BrN2OS2/c1-5-11-13(6-2)22-19(3)15-12(17)10-21-16(15)14(11)18-8-7-9-20-4/h5-6,10,14,18H,1-2,7-9H2,3-4H3. The Kier molecular flexibility index (Phi) is 6.77. The van der Waals surface area contributed by atoms with Crippen LogP contribution in [-0.2, 0) is 4.74 Å². The van der Waals surface area contributed by atoms with Crippen molar-refractivity contribution in [2.24, 2.45) is 0 Å². The second-order valence-electron chi connectivity index (χ2n) is 4.85. The zero-order valence-corrected chi connectivity index (χ0v) is 16.1. The van der Waals surface area contributed by atoms with E-state index in [4.69, 9.17) is 4.74 Å². The summed E-state index contributed by atoms with van der Waals surface area (Å²) in [5.41, 5.74) is 2.40. The van der Waals surface area contributed by atoms with Crippen LogP contribution in [0.1, 0.15) is 17.3 Å². The van der Waals surface area contributed by atoms with Crippen molar-refractivity contribution in [2.45, 2.75) is 12.5 Å². The molecule has 1 N–H and O–H groups in total. The Balaban J connectivity index is 2.39. The highest BCUT2D eigenvalue weighted by atomic mass is 79.9. The van der Waals surface area contributed by atoms with Crippen LogP contribution in [0.3, 0.4) is 0 Å². The summed E-state index contributed by atoms with van der Waals surface area (Å²) in [4.78, 5) is 2.43. The first-order valence-corrected chi connectivity index (χ1v) is 9.48. The highest BCUT2D eigenvalue weighted by Crippen LogP contribution is 2.48. The molecule has 22 heavy (non-hydrogen) atoms. The Morgan fingerprint density at radius 3 is 2.86 bits per heavy atom. The normalized spacial score (nSPS) is 18.1. The first-order valence-electron chi connectivity index (χ1n) is 7.04. The van der Waals surface area contributed by atoms with Gasteiger partial charge in [0.05, 0.1) is 21.1 Å². The summed E-state index contributed by atoms with van der Waals surface area (Å²) < 4.78 is 8.45. The summed E-state index contributed by atoms with van der Waals surface area (Å²) in [5.74, 6) is 0. The molecule has 1 unspecified atom stereocenters. The lowest BCUT2D eigenvalue weighted by molar-refractivity contribution is 0.193. The lowest BCUT2D eigenvalue weighted by Gasteiger charge is -2.20. The third-order valence-electron chi connectivity index (χ3n) is 3.44. The number of thiophene rings is 1. The summed E-state index contributed by atoms with van der Waals surface area (Å²) >= 11 is 7.11. The molecule has 0 aliphatic carbocycles. The van der Waals surface area contributed by atoms with Gasteiger partial charge in [0, 0.05) is 31.0 Å². The monoisotopic (exact) mass is 400 g/mol. The molecule has 0 radical (unpaired) electrons. The zero-order valence-electron chi connectivity index (χ0n) is 12.9. The number of nitrogens with zero attached hydrogens (tertiary/aromatic N) is 1. The van der Waals surface area contributed by atoms with Gasteiger partial charge in [-0.25, -0.2) is 0 Å². The number of anilines is 1. The second-order valence-corrected chi connectivity index (χ2v) is 7.78. The molecule has 0 fully saturated rings. The molecule has 6 heteroatoms. The quantitative estimate of drug-likeness (QED) is 0.519. The molecule has 0 saturated heterocycles. The molecule has 2 rings (SSSR count). The maximum atomic E-state index is 5.14. The summed E-state index contributed by atoms with van der Waals surface area (Å²) in [6, 6.07) is 0.131. The van der Waals surface area contributed by atoms with Gasteiger partial charge in [0.1, 0.15) is 0 Å². The molecule has 120 valence electrons. The van der Waals surface area contributed by atoms with Crippen molar-refractivity contribution in [3.8, 4) is 0 Å². The molecule has 0 amide bonds. The van der Waals surface area contributed by atoms with E-state index in [9.17, 15) is 0 Å². The fourth-order valence-corrected chi connectivity index (χ4v) is 5.50. The van der Waals surface area contributed by atoms with E-state index in [0.29, 0.717) is 0 Å². The largest absolute Gasteiger partial charge is 0.385 e. The maximum absolute atomic E-state index is 5.14. The van der Waals surface area contributed by atoms with Crippen LogP contribution in [0.25, 0.3) is 0 Å². The smallest absolute Gasteiger partial charge is 0.0771 e. The number of nitrogens with one attached hydrogen (secondary N) is 1. The number of ether oxygens (including phenoxy) is 1. The van der Waals surface area contributed by atoms with Crippen LogP contribution in [0.5, 0.6) is 0 Å². The topological polar surface area (TPSA) is 24.5 Å². The average molecular weight is 401 g/mol. The predicted octanol–water partition coefficient (Wildman–Crippen LogP) is 4.90. The Bertz CT molecular complexity index is 583. The molecule has 2 heterocycles. The molecule has 3 nitrogen and oxygen atoms in total. The fourth-order valence-electron chi connectivity index (χ4n) is 2.42. The summed E-state index contributed by atoms with van der Waals surface area (Å²) in [7, 11) is 3.81. The second kappa shape index (κ2) is 8.36. The molecular weight excluding hydrogens is 380 g/mol. The van der Waals surface area contributed by atoms with Crippen LogP contribution in [-0.4, -0.2) is 27.3 Å². The molecular formula is C16H21BrN2OS2. The van der Waals surface area contributed by atoms with Crippen LogP contribution >= 0.6 is 39.2 Å². The molecule has 0 bridgehead atoms. The number of hydrogen-bond acceptors (Lipinski definition) is 5. The van der Waals surface area contributed by atoms with E-state index >= 15 is 0 Å². The minimum atomic E-state index is 0.131. The van der Waals surface area contributed by atoms with Crippen molar-refractivity contribution in [2.75, 3.05) is 31.6 Å². The molecule has 0 spiro atoms. The van der Waals surface area contributed by atoms with Crippen LogP contribution < -0.4 is 9.62 Å². The molecule has 0 saturated carbocycles. The van der Waals surface area contributed by atoms with Crippen LogP contribution in [0, 0.1) is 0 Å². The third kappa shape index (κ3) is 3.68. The Labute approximate surface area is 149 Å². The van der Waals surface area contributed by atoms with Crippen LogP contribution in [0.2, 0.25) is 0 Å². The Hall–Kier alpha value is -0.530. The zero-order chi connectivity index (χ0) is 16.1. The first kappa shape index (κ1) is 17.8. The van der Waals surface area contributed by atoms with Gasteiger partial charge in [0.25, 0.3) is 0 Å². The molecule has 0 aromatic carbocycles. The number of allylic oxidation sites excluding steroid dienone is 1. The number of rotatable bonds is 7. The van der Waals surface area contributed by atoms with Gasteiger partial charge < -0.3 is 14.4 Å². The summed E-state index contributed by atoms with van der Waals surface area (Å²) in [6.45, 7) is 9.63. The lowest BCUT2D eigenvalue weighted by Crippen LogP contribution is -2.24. The summed E-state index contributed by atoms with van der Waals surface area (Å²) in [6.07, 6.45) is 4.83. The minimum Gasteiger partial charge on any atom is -0.385 e. The van der Waals surface area contributed by atoms with Gasteiger partial charge in [0.15, 0.2) is 0 Å². The number of hydrogen-bond donors (Lipinski definition) is 1. The molecule has 1 aliphatic heterocycles. The van der Waals surface area contributed by atoms with Gasteiger partial charge in [0.2, 0.25) is 0 Å². The Morgan fingerprint density at radius 1 is 1.45 bits per heavy atom. The highest BCUT2D eigenvalue weighted by molar-refractivity contribution is 9.10.